The van der Waals surface area contributed by atoms with Gasteiger partial charge in [-0.25, -0.2) is 0 Å². The number of nitrogens with zero attached hydrogens (tertiary/aromatic N) is 2. The van der Waals surface area contributed by atoms with Gasteiger partial charge in [0.15, 0.2) is 0 Å². The van der Waals surface area contributed by atoms with E-state index < -0.39 is 11.5 Å². The summed E-state index contributed by atoms with van der Waals surface area (Å²) in [4.78, 5) is 16.6. The molecule has 1 aliphatic heterocycles. The largest absolute Gasteiger partial charge is 0.480 e. The SMILES string of the molecule is CN1CCC(CN(C)C2CCC(NC3CC3)(C(=O)O)C2)C1. The first-order chi connectivity index (χ1) is 9.98. The van der Waals surface area contributed by atoms with Gasteiger partial charge in [0, 0.05) is 25.2 Å². The number of likely N-dealkylation sites (tertiary alicyclic amines) is 1. The molecule has 0 amide bonds. The molecule has 2 saturated carbocycles. The molecule has 1 saturated heterocycles. The molecule has 1 heterocycles. The molecule has 120 valence electrons. The van der Waals surface area contributed by atoms with Crippen molar-refractivity contribution in [2.75, 3.05) is 33.7 Å². The minimum absolute atomic E-state index is 0.415. The standard InChI is InChI=1S/C16H29N3O2/c1-18-8-6-12(10-18)11-19(2)14-5-7-16(9-14,15(20)21)17-13-3-4-13/h12-14,17H,3-11H2,1-2H3,(H,20,21). The van der Waals surface area contributed by atoms with Crippen molar-refractivity contribution in [2.24, 2.45) is 5.92 Å². The van der Waals surface area contributed by atoms with Crippen LogP contribution >= 0.6 is 0 Å². The Labute approximate surface area is 127 Å². The first-order valence-corrected chi connectivity index (χ1v) is 8.38. The summed E-state index contributed by atoms with van der Waals surface area (Å²) in [5.74, 6) is 0.0992. The average molecular weight is 295 g/mol. The van der Waals surface area contributed by atoms with Crippen LogP contribution in [-0.4, -0.2) is 72.2 Å². The Hall–Kier alpha value is -0.650. The molecule has 0 bridgehead atoms. The van der Waals surface area contributed by atoms with E-state index in [1.807, 2.05) is 0 Å². The highest BCUT2D eigenvalue weighted by Gasteiger charge is 2.49. The van der Waals surface area contributed by atoms with Crippen LogP contribution in [0.3, 0.4) is 0 Å². The summed E-state index contributed by atoms with van der Waals surface area (Å²) in [6.07, 6.45) is 6.10. The first-order valence-electron chi connectivity index (χ1n) is 8.38. The average Bonchev–Trinajstić information content (AvgIpc) is 2.96. The molecular formula is C16H29N3O2. The molecule has 3 atom stereocenters. The van der Waals surface area contributed by atoms with Gasteiger partial charge in [0.2, 0.25) is 0 Å². The van der Waals surface area contributed by atoms with E-state index in [-0.39, 0.29) is 0 Å². The third-order valence-corrected chi connectivity index (χ3v) is 5.61. The lowest BCUT2D eigenvalue weighted by Gasteiger charge is -2.30. The van der Waals surface area contributed by atoms with Crippen molar-refractivity contribution in [1.29, 1.82) is 0 Å². The third kappa shape index (κ3) is 3.41. The Morgan fingerprint density at radius 2 is 2.14 bits per heavy atom. The molecule has 3 unspecified atom stereocenters. The van der Waals surface area contributed by atoms with E-state index in [2.05, 4.69) is 29.2 Å². The van der Waals surface area contributed by atoms with E-state index in [4.69, 9.17) is 0 Å². The van der Waals surface area contributed by atoms with E-state index >= 15 is 0 Å². The maximum atomic E-state index is 11.8. The molecule has 0 aromatic heterocycles. The Morgan fingerprint density at radius 3 is 2.71 bits per heavy atom. The van der Waals surface area contributed by atoms with E-state index in [1.54, 1.807) is 0 Å². The zero-order valence-electron chi connectivity index (χ0n) is 13.3. The second kappa shape index (κ2) is 5.86. The topological polar surface area (TPSA) is 55.8 Å². The predicted molar refractivity (Wildman–Crippen MR) is 82.4 cm³/mol. The predicted octanol–water partition coefficient (Wildman–Crippen LogP) is 0.998. The summed E-state index contributed by atoms with van der Waals surface area (Å²) in [6.45, 7) is 3.49. The van der Waals surface area contributed by atoms with Gasteiger partial charge < -0.3 is 14.9 Å². The van der Waals surface area contributed by atoms with Crippen molar-refractivity contribution in [1.82, 2.24) is 15.1 Å². The second-order valence-electron chi connectivity index (χ2n) is 7.56. The molecular weight excluding hydrogens is 266 g/mol. The van der Waals surface area contributed by atoms with Crippen LogP contribution < -0.4 is 5.32 Å². The number of carboxylic acid groups (broad SMARTS) is 1. The molecule has 2 N–H and O–H groups in total. The fourth-order valence-electron chi connectivity index (χ4n) is 4.13. The van der Waals surface area contributed by atoms with Gasteiger partial charge >= 0.3 is 5.97 Å². The lowest BCUT2D eigenvalue weighted by atomic mass is 9.97. The van der Waals surface area contributed by atoms with E-state index in [0.717, 1.165) is 44.6 Å². The molecule has 0 spiro atoms. The second-order valence-corrected chi connectivity index (χ2v) is 7.56. The highest BCUT2D eigenvalue weighted by molar-refractivity contribution is 5.79. The molecule has 2 aliphatic carbocycles. The van der Waals surface area contributed by atoms with Crippen LogP contribution in [-0.2, 0) is 4.79 Å². The molecule has 3 fully saturated rings. The van der Waals surface area contributed by atoms with Gasteiger partial charge in [0.1, 0.15) is 5.54 Å². The molecule has 21 heavy (non-hydrogen) atoms. The van der Waals surface area contributed by atoms with Crippen LogP contribution in [0.5, 0.6) is 0 Å². The van der Waals surface area contributed by atoms with Gasteiger partial charge in [0.05, 0.1) is 0 Å². The minimum atomic E-state index is -0.660. The Kier molecular flexibility index (Phi) is 4.26. The van der Waals surface area contributed by atoms with Crippen LogP contribution in [0.4, 0.5) is 0 Å². The summed E-state index contributed by atoms with van der Waals surface area (Å²) in [5, 5.41) is 13.1. The summed E-state index contributed by atoms with van der Waals surface area (Å²) in [5.41, 5.74) is -0.660. The molecule has 5 nitrogen and oxygen atoms in total. The van der Waals surface area contributed by atoms with Crippen molar-refractivity contribution >= 4 is 5.97 Å². The van der Waals surface area contributed by atoms with Crippen LogP contribution in [0.1, 0.15) is 38.5 Å². The normalized spacial score (nSPS) is 37.5. The van der Waals surface area contributed by atoms with Gasteiger partial charge in [-0.2, -0.15) is 0 Å². The van der Waals surface area contributed by atoms with E-state index in [1.165, 1.54) is 19.5 Å². The Bertz CT molecular complexity index is 399. The van der Waals surface area contributed by atoms with Gasteiger partial charge in [-0.3, -0.25) is 10.1 Å². The molecule has 0 radical (unpaired) electrons. The number of carboxylic acids is 1. The number of hydrogen-bond donors (Lipinski definition) is 2. The van der Waals surface area contributed by atoms with Crippen molar-refractivity contribution in [3.63, 3.8) is 0 Å². The highest BCUT2D eigenvalue weighted by atomic mass is 16.4. The Morgan fingerprint density at radius 1 is 1.38 bits per heavy atom. The lowest BCUT2D eigenvalue weighted by molar-refractivity contribution is -0.145. The number of hydrogen-bond acceptors (Lipinski definition) is 4. The quantitative estimate of drug-likeness (QED) is 0.765. The fourth-order valence-corrected chi connectivity index (χ4v) is 4.13. The molecule has 0 aromatic rings. The highest BCUT2D eigenvalue weighted by Crippen LogP contribution is 2.36. The number of carbonyl (C=O) groups is 1. The van der Waals surface area contributed by atoms with Crippen molar-refractivity contribution in [3.8, 4) is 0 Å². The van der Waals surface area contributed by atoms with Crippen LogP contribution in [0.2, 0.25) is 0 Å². The van der Waals surface area contributed by atoms with Crippen LogP contribution in [0.15, 0.2) is 0 Å². The van der Waals surface area contributed by atoms with Crippen LogP contribution in [0, 0.1) is 5.92 Å². The maximum Gasteiger partial charge on any atom is 0.323 e. The van der Waals surface area contributed by atoms with Gasteiger partial charge in [0.25, 0.3) is 0 Å². The monoisotopic (exact) mass is 295 g/mol. The van der Waals surface area contributed by atoms with E-state index in [9.17, 15) is 9.90 Å². The van der Waals surface area contributed by atoms with E-state index in [0.29, 0.717) is 12.1 Å². The summed E-state index contributed by atoms with van der Waals surface area (Å²) >= 11 is 0. The molecule has 5 heteroatoms. The Balaban J connectivity index is 1.55. The fraction of sp³-hybridized carbons (Fsp3) is 0.938. The summed E-state index contributed by atoms with van der Waals surface area (Å²) < 4.78 is 0. The number of aliphatic carboxylic acids is 1. The van der Waals surface area contributed by atoms with Crippen molar-refractivity contribution < 1.29 is 9.90 Å². The number of rotatable bonds is 6. The van der Waals surface area contributed by atoms with Gasteiger partial charge in [-0.1, -0.05) is 0 Å². The lowest BCUT2D eigenvalue weighted by Crippen LogP contribution is -2.52. The molecule has 3 aliphatic rings. The summed E-state index contributed by atoms with van der Waals surface area (Å²) in [6, 6.07) is 0.867. The van der Waals surface area contributed by atoms with Gasteiger partial charge in [-0.15, -0.1) is 0 Å². The summed E-state index contributed by atoms with van der Waals surface area (Å²) in [7, 11) is 4.36. The molecule has 0 aromatic carbocycles. The maximum absolute atomic E-state index is 11.8. The molecule has 3 rings (SSSR count). The van der Waals surface area contributed by atoms with Crippen LogP contribution in [0.25, 0.3) is 0 Å². The first kappa shape index (κ1) is 15.3. The zero-order valence-corrected chi connectivity index (χ0v) is 13.3. The zero-order chi connectivity index (χ0) is 15.0. The number of nitrogens with one attached hydrogen (secondary N) is 1. The van der Waals surface area contributed by atoms with Crippen molar-refractivity contribution in [2.45, 2.75) is 56.1 Å². The van der Waals surface area contributed by atoms with Crippen molar-refractivity contribution in [3.05, 3.63) is 0 Å². The third-order valence-electron chi connectivity index (χ3n) is 5.61. The van der Waals surface area contributed by atoms with Gasteiger partial charge in [-0.05, 0) is 65.1 Å². The smallest absolute Gasteiger partial charge is 0.323 e. The minimum Gasteiger partial charge on any atom is -0.480 e.